The summed E-state index contributed by atoms with van der Waals surface area (Å²) in [6.45, 7) is 2.40. The van der Waals surface area contributed by atoms with Crippen LogP contribution in [0.3, 0.4) is 0 Å². The maximum absolute atomic E-state index is 13.2. The topological polar surface area (TPSA) is 67.6 Å². The number of morpholine rings is 1. The molecule has 1 aliphatic rings. The highest BCUT2D eigenvalue weighted by atomic mass is 79.9. The molecule has 0 saturated carbocycles. The zero-order valence-electron chi connectivity index (χ0n) is 9.58. The van der Waals surface area contributed by atoms with E-state index in [-0.39, 0.29) is 11.6 Å². The Bertz CT molecular complexity index is 464. The van der Waals surface area contributed by atoms with Gasteiger partial charge < -0.3 is 10.5 Å². The maximum atomic E-state index is 13.2. The zero-order valence-corrected chi connectivity index (χ0v) is 11.2. The Morgan fingerprint density at radius 2 is 2.11 bits per heavy atom. The van der Waals surface area contributed by atoms with Crippen molar-refractivity contribution in [1.82, 2.24) is 10.4 Å². The maximum Gasteiger partial charge on any atom is 0.266 e. The molecule has 3 N–H and O–H groups in total. The molecule has 18 heavy (non-hydrogen) atoms. The van der Waals surface area contributed by atoms with E-state index in [0.29, 0.717) is 36.3 Å². The first-order valence-electron chi connectivity index (χ1n) is 5.46. The molecule has 7 heteroatoms. The molecule has 1 aliphatic heterocycles. The molecule has 0 spiro atoms. The number of nitrogens with one attached hydrogen (secondary N) is 1. The van der Waals surface area contributed by atoms with Crippen molar-refractivity contribution in [1.29, 1.82) is 0 Å². The van der Waals surface area contributed by atoms with E-state index in [0.717, 1.165) is 0 Å². The smallest absolute Gasteiger partial charge is 0.266 e. The number of nitrogens with zero attached hydrogens (tertiary/aromatic N) is 1. The lowest BCUT2D eigenvalue weighted by Gasteiger charge is -2.27. The Hall–Kier alpha value is -1.18. The second-order valence-corrected chi connectivity index (χ2v) is 4.75. The van der Waals surface area contributed by atoms with Crippen LogP contribution in [0.2, 0.25) is 0 Å². The highest BCUT2D eigenvalue weighted by molar-refractivity contribution is 9.10. The zero-order chi connectivity index (χ0) is 13.1. The molecule has 1 heterocycles. The van der Waals surface area contributed by atoms with Crippen LogP contribution in [0.5, 0.6) is 0 Å². The van der Waals surface area contributed by atoms with Gasteiger partial charge in [0.2, 0.25) is 0 Å². The monoisotopic (exact) mass is 317 g/mol. The van der Waals surface area contributed by atoms with Crippen molar-refractivity contribution in [3.8, 4) is 0 Å². The van der Waals surface area contributed by atoms with Crippen molar-refractivity contribution in [2.45, 2.75) is 0 Å². The third-order valence-corrected chi connectivity index (χ3v) is 3.26. The van der Waals surface area contributed by atoms with Crippen molar-refractivity contribution in [3.63, 3.8) is 0 Å². The minimum absolute atomic E-state index is 0.0506. The molecule has 1 amide bonds. The lowest BCUT2D eigenvalue weighted by atomic mass is 10.2. The number of halogens is 2. The van der Waals surface area contributed by atoms with E-state index in [1.54, 1.807) is 5.01 Å². The average molecular weight is 318 g/mol. The Kier molecular flexibility index (Phi) is 4.15. The molecular weight excluding hydrogens is 305 g/mol. The Morgan fingerprint density at radius 3 is 2.78 bits per heavy atom. The molecule has 2 rings (SSSR count). The lowest BCUT2D eigenvalue weighted by molar-refractivity contribution is 0.0126. The number of benzene rings is 1. The van der Waals surface area contributed by atoms with Crippen LogP contribution in [0.1, 0.15) is 10.4 Å². The van der Waals surface area contributed by atoms with Gasteiger partial charge in [0.25, 0.3) is 5.91 Å². The van der Waals surface area contributed by atoms with Crippen molar-refractivity contribution < 1.29 is 13.9 Å². The van der Waals surface area contributed by atoms with Crippen LogP contribution in [0.25, 0.3) is 0 Å². The van der Waals surface area contributed by atoms with Crippen LogP contribution >= 0.6 is 15.9 Å². The fourth-order valence-electron chi connectivity index (χ4n) is 1.62. The summed E-state index contributed by atoms with van der Waals surface area (Å²) >= 11 is 3.15. The van der Waals surface area contributed by atoms with Crippen LogP contribution in [-0.2, 0) is 4.74 Å². The van der Waals surface area contributed by atoms with Gasteiger partial charge in [-0.2, -0.15) is 0 Å². The van der Waals surface area contributed by atoms with Gasteiger partial charge in [0, 0.05) is 17.6 Å². The number of amides is 1. The Labute approximate surface area is 112 Å². The molecule has 0 radical (unpaired) electrons. The van der Waals surface area contributed by atoms with E-state index in [1.165, 1.54) is 12.1 Å². The molecule has 0 unspecified atom stereocenters. The van der Waals surface area contributed by atoms with Gasteiger partial charge in [-0.25, -0.2) is 9.40 Å². The number of carbonyl (C=O) groups excluding carboxylic acids is 1. The second kappa shape index (κ2) is 5.64. The van der Waals surface area contributed by atoms with Gasteiger partial charge in [-0.05, 0) is 28.1 Å². The molecule has 5 nitrogen and oxygen atoms in total. The van der Waals surface area contributed by atoms with Crippen molar-refractivity contribution in [3.05, 3.63) is 28.0 Å². The van der Waals surface area contributed by atoms with E-state index in [4.69, 9.17) is 10.5 Å². The van der Waals surface area contributed by atoms with Crippen LogP contribution < -0.4 is 11.2 Å². The van der Waals surface area contributed by atoms with E-state index >= 15 is 0 Å². The molecule has 1 fully saturated rings. The number of rotatable bonds is 2. The fraction of sp³-hybridized carbons (Fsp3) is 0.364. The molecule has 98 valence electrons. The summed E-state index contributed by atoms with van der Waals surface area (Å²) in [5.74, 6) is -0.875. The normalized spacial score (nSPS) is 16.6. The van der Waals surface area contributed by atoms with Gasteiger partial charge >= 0.3 is 0 Å². The van der Waals surface area contributed by atoms with Gasteiger partial charge in [-0.1, -0.05) is 0 Å². The summed E-state index contributed by atoms with van der Waals surface area (Å²) in [5, 5.41) is 1.76. The van der Waals surface area contributed by atoms with Crippen LogP contribution in [-0.4, -0.2) is 37.2 Å². The minimum Gasteiger partial charge on any atom is -0.396 e. The number of hydrogen-bond donors (Lipinski definition) is 2. The number of nitrogen functional groups attached to an aromatic ring is 1. The summed E-state index contributed by atoms with van der Waals surface area (Å²) in [6, 6.07) is 2.50. The van der Waals surface area contributed by atoms with Gasteiger partial charge in [-0.3, -0.25) is 10.2 Å². The molecule has 0 atom stereocenters. The molecule has 0 bridgehead atoms. The number of carbonyl (C=O) groups is 1. The Morgan fingerprint density at radius 1 is 1.44 bits per heavy atom. The molecule has 1 saturated heterocycles. The molecule has 0 aromatic heterocycles. The largest absolute Gasteiger partial charge is 0.396 e. The quantitative estimate of drug-likeness (QED) is 0.803. The number of hydrazine groups is 1. The Balaban J connectivity index is 2.10. The van der Waals surface area contributed by atoms with E-state index in [2.05, 4.69) is 21.4 Å². The SMILES string of the molecule is Nc1cc(C(=O)NN2CCOCC2)c(Br)cc1F. The first-order chi connectivity index (χ1) is 8.58. The molecule has 0 aliphatic carbocycles. The number of anilines is 1. The van der Waals surface area contributed by atoms with Crippen LogP contribution in [0, 0.1) is 5.82 Å². The summed E-state index contributed by atoms with van der Waals surface area (Å²) in [4.78, 5) is 12.0. The lowest BCUT2D eigenvalue weighted by Crippen LogP contribution is -2.48. The number of ether oxygens (including phenoxy) is 1. The van der Waals surface area contributed by atoms with E-state index in [9.17, 15) is 9.18 Å². The van der Waals surface area contributed by atoms with Crippen molar-refractivity contribution >= 4 is 27.5 Å². The first kappa shape index (κ1) is 13.3. The van der Waals surface area contributed by atoms with Crippen LogP contribution in [0.4, 0.5) is 10.1 Å². The van der Waals surface area contributed by atoms with Crippen LogP contribution in [0.15, 0.2) is 16.6 Å². The molecule has 1 aromatic carbocycles. The summed E-state index contributed by atoms with van der Waals surface area (Å²) in [7, 11) is 0. The van der Waals surface area contributed by atoms with E-state index in [1.807, 2.05) is 0 Å². The standard InChI is InChI=1S/C11H13BrFN3O2/c12-8-6-9(13)10(14)5-7(8)11(17)15-16-1-3-18-4-2-16/h5-6H,1-4,14H2,(H,15,17). The van der Waals surface area contributed by atoms with Crippen molar-refractivity contribution in [2.75, 3.05) is 32.0 Å². The van der Waals surface area contributed by atoms with Gasteiger partial charge in [0.15, 0.2) is 0 Å². The minimum atomic E-state index is -0.551. The predicted octanol–water partition coefficient (Wildman–Crippen LogP) is 1.15. The van der Waals surface area contributed by atoms with E-state index < -0.39 is 5.82 Å². The predicted molar refractivity (Wildman–Crippen MR) is 68.4 cm³/mol. The third kappa shape index (κ3) is 2.98. The molecule has 1 aromatic rings. The van der Waals surface area contributed by atoms with Gasteiger partial charge in [-0.15, -0.1) is 0 Å². The van der Waals surface area contributed by atoms with Crippen molar-refractivity contribution in [2.24, 2.45) is 0 Å². The summed E-state index contributed by atoms with van der Waals surface area (Å²) in [5.41, 5.74) is 8.44. The third-order valence-electron chi connectivity index (χ3n) is 2.60. The highest BCUT2D eigenvalue weighted by Crippen LogP contribution is 2.22. The number of nitrogens with two attached hydrogens (primary N) is 1. The average Bonchev–Trinajstić information content (AvgIpc) is 2.35. The second-order valence-electron chi connectivity index (χ2n) is 3.89. The van der Waals surface area contributed by atoms with Gasteiger partial charge in [0.1, 0.15) is 5.82 Å². The number of hydrogen-bond acceptors (Lipinski definition) is 4. The first-order valence-corrected chi connectivity index (χ1v) is 6.25. The fourth-order valence-corrected chi connectivity index (χ4v) is 2.11. The molecular formula is C11H13BrFN3O2. The van der Waals surface area contributed by atoms with Gasteiger partial charge in [0.05, 0.1) is 24.5 Å². The highest BCUT2D eigenvalue weighted by Gasteiger charge is 2.17. The summed E-state index contributed by atoms with van der Waals surface area (Å²) < 4.78 is 18.7. The summed E-state index contributed by atoms with van der Waals surface area (Å²) in [6.07, 6.45) is 0.